The molecule has 1 heterocycles. The second-order valence-electron chi connectivity index (χ2n) is 8.92. The third kappa shape index (κ3) is 5.36. The first-order chi connectivity index (χ1) is 16.5. The van der Waals surface area contributed by atoms with E-state index in [0.717, 1.165) is 49.3 Å². The number of likely N-dealkylation sites (tertiary alicyclic amines) is 1. The van der Waals surface area contributed by atoms with Crippen LogP contribution in [0.1, 0.15) is 36.0 Å². The van der Waals surface area contributed by atoms with Gasteiger partial charge in [0.25, 0.3) is 0 Å². The van der Waals surface area contributed by atoms with Crippen LogP contribution in [0.3, 0.4) is 0 Å². The second-order valence-corrected chi connectivity index (χ2v) is 8.92. The van der Waals surface area contributed by atoms with E-state index >= 15 is 0 Å². The number of aryl methyl sites for hydroxylation is 1. The smallest absolute Gasteiger partial charge is 0.231 e. The minimum atomic E-state index is -0.910. The lowest BCUT2D eigenvalue weighted by Gasteiger charge is -2.42. The first kappa shape index (κ1) is 23.7. The van der Waals surface area contributed by atoms with Crippen LogP contribution < -0.4 is 5.32 Å². The highest BCUT2D eigenvalue weighted by molar-refractivity contribution is 5.88. The van der Waals surface area contributed by atoms with E-state index in [1.165, 1.54) is 11.6 Å². The molecule has 3 aromatic carbocycles. The molecule has 0 aromatic heterocycles. The Labute approximate surface area is 200 Å². The predicted octanol–water partition coefficient (Wildman–Crippen LogP) is 5.76. The lowest BCUT2D eigenvalue weighted by Crippen LogP contribution is -2.51. The molecule has 0 bridgehead atoms. The van der Waals surface area contributed by atoms with Crippen LogP contribution in [-0.4, -0.2) is 23.9 Å². The SMILES string of the molecule is C=C(CCc1ccccc1)N1CCC(C(=O)NCc2ccc(F)c(F)c2)(c2ccccc2)CC1. The number of benzene rings is 3. The van der Waals surface area contributed by atoms with Crippen molar-refractivity contribution >= 4 is 5.91 Å². The molecule has 0 unspecified atom stereocenters. The molecule has 3 nitrogen and oxygen atoms in total. The largest absolute Gasteiger partial charge is 0.375 e. The number of nitrogens with zero attached hydrogens (tertiary/aromatic N) is 1. The molecule has 0 radical (unpaired) electrons. The van der Waals surface area contributed by atoms with Crippen molar-refractivity contribution in [1.82, 2.24) is 10.2 Å². The van der Waals surface area contributed by atoms with Gasteiger partial charge < -0.3 is 10.2 Å². The molecular weight excluding hydrogens is 430 g/mol. The summed E-state index contributed by atoms with van der Waals surface area (Å²) in [6.07, 6.45) is 3.13. The second kappa shape index (κ2) is 10.6. The molecule has 0 spiro atoms. The average molecular weight is 461 g/mol. The van der Waals surface area contributed by atoms with Crippen LogP contribution in [0.5, 0.6) is 0 Å². The van der Waals surface area contributed by atoms with Crippen LogP contribution in [0, 0.1) is 11.6 Å². The van der Waals surface area contributed by atoms with Gasteiger partial charge in [0.05, 0.1) is 5.41 Å². The van der Waals surface area contributed by atoms with Gasteiger partial charge >= 0.3 is 0 Å². The molecule has 34 heavy (non-hydrogen) atoms. The zero-order valence-corrected chi connectivity index (χ0v) is 19.3. The van der Waals surface area contributed by atoms with Crippen molar-refractivity contribution in [3.05, 3.63) is 119 Å². The minimum absolute atomic E-state index is 0.0852. The van der Waals surface area contributed by atoms with Gasteiger partial charge in [-0.2, -0.15) is 0 Å². The molecule has 176 valence electrons. The molecule has 4 rings (SSSR count). The topological polar surface area (TPSA) is 32.3 Å². The number of hydrogen-bond donors (Lipinski definition) is 1. The fraction of sp³-hybridized carbons (Fsp3) is 0.276. The summed E-state index contributed by atoms with van der Waals surface area (Å²) in [5.74, 6) is -1.89. The van der Waals surface area contributed by atoms with Crippen LogP contribution in [0.25, 0.3) is 0 Å². The Kier molecular flexibility index (Phi) is 7.41. The van der Waals surface area contributed by atoms with Crippen LogP contribution in [0.2, 0.25) is 0 Å². The number of rotatable bonds is 8. The van der Waals surface area contributed by atoms with E-state index in [4.69, 9.17) is 0 Å². The van der Waals surface area contributed by atoms with Crippen molar-refractivity contribution in [1.29, 1.82) is 0 Å². The Balaban J connectivity index is 1.43. The van der Waals surface area contributed by atoms with Gasteiger partial charge in [0.15, 0.2) is 11.6 Å². The van der Waals surface area contributed by atoms with E-state index in [0.29, 0.717) is 18.4 Å². The lowest BCUT2D eigenvalue weighted by molar-refractivity contribution is -0.128. The molecule has 0 atom stereocenters. The average Bonchev–Trinajstić information content (AvgIpc) is 2.89. The maximum Gasteiger partial charge on any atom is 0.231 e. The van der Waals surface area contributed by atoms with E-state index in [-0.39, 0.29) is 12.5 Å². The van der Waals surface area contributed by atoms with Gasteiger partial charge in [0.1, 0.15) is 0 Å². The van der Waals surface area contributed by atoms with Gasteiger partial charge in [-0.1, -0.05) is 73.3 Å². The van der Waals surface area contributed by atoms with Crippen molar-refractivity contribution in [2.75, 3.05) is 13.1 Å². The molecule has 1 fully saturated rings. The normalized spacial score (nSPS) is 15.1. The fourth-order valence-electron chi connectivity index (χ4n) is 4.70. The molecular formula is C29H30F2N2O. The van der Waals surface area contributed by atoms with Gasteiger partial charge in [-0.25, -0.2) is 8.78 Å². The van der Waals surface area contributed by atoms with E-state index in [1.54, 1.807) is 0 Å². The maximum atomic E-state index is 13.6. The highest BCUT2D eigenvalue weighted by Gasteiger charge is 2.42. The maximum absolute atomic E-state index is 13.6. The summed E-state index contributed by atoms with van der Waals surface area (Å²) in [6, 6.07) is 23.9. The Morgan fingerprint density at radius 2 is 1.53 bits per heavy atom. The van der Waals surface area contributed by atoms with Crippen molar-refractivity contribution in [3.8, 4) is 0 Å². The molecule has 1 aliphatic heterocycles. The molecule has 1 amide bonds. The van der Waals surface area contributed by atoms with E-state index in [2.05, 4.69) is 28.9 Å². The first-order valence-electron chi connectivity index (χ1n) is 11.7. The number of allylic oxidation sites excluding steroid dienone is 1. The summed E-state index contributed by atoms with van der Waals surface area (Å²) in [5, 5.41) is 2.98. The molecule has 0 aliphatic carbocycles. The van der Waals surface area contributed by atoms with Gasteiger partial charge in [-0.05, 0) is 54.5 Å². The van der Waals surface area contributed by atoms with Gasteiger partial charge in [-0.15, -0.1) is 0 Å². The van der Waals surface area contributed by atoms with Crippen LogP contribution in [0.4, 0.5) is 8.78 Å². The zero-order valence-electron chi connectivity index (χ0n) is 19.3. The Morgan fingerprint density at radius 1 is 0.882 bits per heavy atom. The first-order valence-corrected chi connectivity index (χ1v) is 11.7. The van der Waals surface area contributed by atoms with E-state index < -0.39 is 17.0 Å². The summed E-state index contributed by atoms with van der Waals surface area (Å²) in [7, 11) is 0. The summed E-state index contributed by atoms with van der Waals surface area (Å²) in [6.45, 7) is 5.93. The Hall–Kier alpha value is -3.47. The van der Waals surface area contributed by atoms with Crippen LogP contribution in [-0.2, 0) is 23.2 Å². The van der Waals surface area contributed by atoms with E-state index in [9.17, 15) is 13.6 Å². The fourth-order valence-corrected chi connectivity index (χ4v) is 4.70. The van der Waals surface area contributed by atoms with Crippen molar-refractivity contribution in [2.45, 2.75) is 37.6 Å². The van der Waals surface area contributed by atoms with Crippen molar-refractivity contribution in [2.24, 2.45) is 0 Å². The molecule has 3 aromatic rings. The number of piperidine rings is 1. The lowest BCUT2D eigenvalue weighted by atomic mass is 9.71. The Morgan fingerprint density at radius 3 is 2.18 bits per heavy atom. The number of halogens is 2. The highest BCUT2D eigenvalue weighted by atomic mass is 19.2. The standard InChI is InChI=1S/C29H30F2N2O/c1-22(12-13-23-8-4-2-5-9-23)33-18-16-29(17-19-33,25-10-6-3-7-11-25)28(34)32-21-24-14-15-26(30)27(31)20-24/h2-11,14-15,20H,1,12-13,16-19,21H2,(H,32,34). The quantitative estimate of drug-likeness (QED) is 0.463. The number of amides is 1. The van der Waals surface area contributed by atoms with E-state index in [1.807, 2.05) is 48.5 Å². The zero-order chi connectivity index (χ0) is 24.0. The highest BCUT2D eigenvalue weighted by Crippen LogP contribution is 2.37. The molecule has 1 N–H and O–H groups in total. The third-order valence-electron chi connectivity index (χ3n) is 6.81. The minimum Gasteiger partial charge on any atom is -0.375 e. The molecule has 1 saturated heterocycles. The number of nitrogens with one attached hydrogen (secondary N) is 1. The number of carbonyl (C=O) groups is 1. The molecule has 5 heteroatoms. The van der Waals surface area contributed by atoms with Crippen molar-refractivity contribution in [3.63, 3.8) is 0 Å². The summed E-state index contributed by atoms with van der Waals surface area (Å²) < 4.78 is 26.8. The Bertz CT molecular complexity index is 1120. The van der Waals surface area contributed by atoms with Crippen LogP contribution in [0.15, 0.2) is 91.1 Å². The molecule has 0 saturated carbocycles. The molecule has 1 aliphatic rings. The monoisotopic (exact) mass is 460 g/mol. The predicted molar refractivity (Wildman–Crippen MR) is 131 cm³/mol. The summed E-state index contributed by atoms with van der Waals surface area (Å²) in [4.78, 5) is 15.8. The van der Waals surface area contributed by atoms with Gasteiger partial charge in [0.2, 0.25) is 5.91 Å². The van der Waals surface area contributed by atoms with Gasteiger partial charge in [-0.3, -0.25) is 4.79 Å². The third-order valence-corrected chi connectivity index (χ3v) is 6.81. The number of carbonyl (C=O) groups excluding carboxylic acids is 1. The number of hydrogen-bond acceptors (Lipinski definition) is 2. The van der Waals surface area contributed by atoms with Crippen molar-refractivity contribution < 1.29 is 13.6 Å². The summed E-state index contributed by atoms with van der Waals surface area (Å²) in [5.41, 5.74) is 3.22. The summed E-state index contributed by atoms with van der Waals surface area (Å²) >= 11 is 0. The van der Waals surface area contributed by atoms with Crippen LogP contribution >= 0.6 is 0 Å². The van der Waals surface area contributed by atoms with Gasteiger partial charge in [0, 0.05) is 25.3 Å².